The average molecular weight is 372 g/mol. The number of aliphatic hydroxyl groups is 1. The number of quaternary nitrogens is 1. The van der Waals surface area contributed by atoms with E-state index in [1.165, 1.54) is 24.9 Å². The molecule has 2 bridgehead atoms. The minimum Gasteiger partial charge on any atom is -0.504 e. The summed E-state index contributed by atoms with van der Waals surface area (Å²) in [6.45, 7) is 2.25. The van der Waals surface area contributed by atoms with Crippen molar-refractivity contribution in [3.8, 4) is 11.5 Å². The highest BCUT2D eigenvalue weighted by Crippen LogP contribution is 2.66. The quantitative estimate of drug-likeness (QED) is 0.798. The van der Waals surface area contributed by atoms with Crippen LogP contribution >= 0.6 is 0 Å². The minimum atomic E-state index is -0.791. The molecule has 6 atom stereocenters. The molecule has 2 heterocycles. The molecule has 146 valence electrons. The van der Waals surface area contributed by atoms with Gasteiger partial charge in [0.25, 0.3) is 0 Å². The van der Waals surface area contributed by atoms with E-state index in [1.54, 1.807) is 13.2 Å². The lowest BCUT2D eigenvalue weighted by Crippen LogP contribution is -2.81. The van der Waals surface area contributed by atoms with Gasteiger partial charge in [0, 0.05) is 31.4 Å². The molecule has 3 fully saturated rings. The lowest BCUT2D eigenvalue weighted by molar-refractivity contribution is -0.950. The van der Waals surface area contributed by atoms with Crippen molar-refractivity contribution in [3.63, 3.8) is 0 Å². The summed E-state index contributed by atoms with van der Waals surface area (Å²) in [7, 11) is 4.11. The van der Waals surface area contributed by atoms with E-state index in [2.05, 4.69) is 13.1 Å². The van der Waals surface area contributed by atoms with Crippen molar-refractivity contribution in [1.82, 2.24) is 0 Å². The van der Waals surface area contributed by atoms with Crippen molar-refractivity contribution in [3.05, 3.63) is 23.3 Å². The molecule has 5 nitrogen and oxygen atoms in total. The number of likely N-dealkylation sites (tertiary alicyclic amines) is 1. The van der Waals surface area contributed by atoms with Gasteiger partial charge < -0.3 is 24.2 Å². The molecular weight excluding hydrogens is 342 g/mol. The van der Waals surface area contributed by atoms with E-state index in [1.807, 2.05) is 0 Å². The van der Waals surface area contributed by atoms with Crippen LogP contribution in [-0.2, 0) is 16.6 Å². The predicted octanol–water partition coefficient (Wildman–Crippen LogP) is 2.12. The lowest BCUT2D eigenvalue weighted by Gasteiger charge is -2.65. The van der Waals surface area contributed by atoms with Crippen molar-refractivity contribution in [2.75, 3.05) is 27.2 Å². The number of phenolic OH excluding ortho intramolecular Hbond substituents is 1. The molecule has 5 aliphatic rings. The molecule has 1 spiro atoms. The van der Waals surface area contributed by atoms with E-state index in [4.69, 9.17) is 9.47 Å². The summed E-state index contributed by atoms with van der Waals surface area (Å²) in [5.74, 6) is 1.64. The average Bonchev–Trinajstić information content (AvgIpc) is 3.37. The fourth-order valence-corrected chi connectivity index (χ4v) is 7.35. The summed E-state index contributed by atoms with van der Waals surface area (Å²) < 4.78 is 13.2. The smallest absolute Gasteiger partial charge is 0.165 e. The SMILES string of the molecule is CO[C@H]1CCC2(O)[C@H]3Cc4ccc(O)c5c4[C@@]2(CC[N+]3(C)CC2CC2)[C@H]1O5. The van der Waals surface area contributed by atoms with Gasteiger partial charge in [0.15, 0.2) is 11.5 Å². The van der Waals surface area contributed by atoms with E-state index < -0.39 is 11.0 Å². The van der Waals surface area contributed by atoms with Crippen LogP contribution in [0, 0.1) is 5.92 Å². The van der Waals surface area contributed by atoms with Crippen LogP contribution in [0.15, 0.2) is 12.1 Å². The molecule has 0 radical (unpaired) electrons. The number of rotatable bonds is 3. The third-order valence-corrected chi connectivity index (χ3v) is 8.73. The Kier molecular flexibility index (Phi) is 3.08. The van der Waals surface area contributed by atoms with Crippen LogP contribution in [0.1, 0.15) is 43.2 Å². The van der Waals surface area contributed by atoms with E-state index in [-0.39, 0.29) is 24.0 Å². The number of hydrogen-bond donors (Lipinski definition) is 2. The summed E-state index contributed by atoms with van der Waals surface area (Å²) in [6.07, 6.45) is 5.78. The second-order valence-electron chi connectivity index (χ2n) is 9.99. The van der Waals surface area contributed by atoms with Crippen molar-refractivity contribution < 1.29 is 24.2 Å². The summed E-state index contributed by atoms with van der Waals surface area (Å²) >= 11 is 0. The molecule has 0 aromatic heterocycles. The largest absolute Gasteiger partial charge is 0.504 e. The third kappa shape index (κ3) is 1.82. The number of aromatic hydroxyl groups is 1. The third-order valence-electron chi connectivity index (χ3n) is 8.73. The van der Waals surface area contributed by atoms with Crippen LogP contribution < -0.4 is 4.74 Å². The second kappa shape index (κ2) is 5.00. The van der Waals surface area contributed by atoms with Gasteiger partial charge in [-0.05, 0) is 37.3 Å². The van der Waals surface area contributed by atoms with Gasteiger partial charge in [0.1, 0.15) is 17.7 Å². The Balaban J connectivity index is 1.58. The van der Waals surface area contributed by atoms with E-state index >= 15 is 0 Å². The summed E-state index contributed by atoms with van der Waals surface area (Å²) in [4.78, 5) is 0. The summed E-state index contributed by atoms with van der Waals surface area (Å²) in [6, 6.07) is 4.03. The molecule has 2 saturated carbocycles. The molecule has 6 rings (SSSR count). The first-order chi connectivity index (χ1) is 12.9. The molecule has 1 aromatic rings. The zero-order valence-electron chi connectivity index (χ0n) is 16.3. The van der Waals surface area contributed by atoms with Crippen LogP contribution in [0.2, 0.25) is 0 Å². The predicted molar refractivity (Wildman–Crippen MR) is 99.9 cm³/mol. The molecule has 3 aliphatic carbocycles. The first kappa shape index (κ1) is 16.6. The zero-order valence-corrected chi connectivity index (χ0v) is 16.3. The maximum Gasteiger partial charge on any atom is 0.165 e. The van der Waals surface area contributed by atoms with Gasteiger partial charge in [0.2, 0.25) is 0 Å². The highest BCUT2D eigenvalue weighted by molar-refractivity contribution is 5.62. The maximum absolute atomic E-state index is 12.4. The van der Waals surface area contributed by atoms with Gasteiger partial charge in [-0.25, -0.2) is 0 Å². The molecular formula is C22H30NO4+. The van der Waals surface area contributed by atoms with Crippen molar-refractivity contribution in [1.29, 1.82) is 0 Å². The molecule has 1 saturated heterocycles. The number of ether oxygens (including phenoxy) is 2. The van der Waals surface area contributed by atoms with Gasteiger partial charge in [-0.2, -0.15) is 0 Å². The normalized spacial score (nSPS) is 46.7. The van der Waals surface area contributed by atoms with Crippen molar-refractivity contribution in [2.24, 2.45) is 5.92 Å². The Morgan fingerprint density at radius 2 is 2.07 bits per heavy atom. The van der Waals surface area contributed by atoms with Crippen molar-refractivity contribution in [2.45, 2.75) is 67.8 Å². The molecule has 0 amide bonds. The molecule has 27 heavy (non-hydrogen) atoms. The number of piperidine rings is 1. The maximum atomic E-state index is 12.4. The fraction of sp³-hybridized carbons (Fsp3) is 0.727. The molecule has 2 N–H and O–H groups in total. The van der Waals surface area contributed by atoms with Crippen LogP contribution in [-0.4, -0.2) is 65.8 Å². The van der Waals surface area contributed by atoms with Crippen LogP contribution in [0.25, 0.3) is 0 Å². The van der Waals surface area contributed by atoms with E-state index in [0.717, 1.165) is 48.2 Å². The zero-order chi connectivity index (χ0) is 18.6. The summed E-state index contributed by atoms with van der Waals surface area (Å²) in [5.41, 5.74) is 1.11. The van der Waals surface area contributed by atoms with Gasteiger partial charge in [0.05, 0.1) is 31.7 Å². The lowest BCUT2D eigenvalue weighted by atomic mass is 9.48. The first-order valence-electron chi connectivity index (χ1n) is 10.5. The molecule has 1 aromatic carbocycles. The fourth-order valence-electron chi connectivity index (χ4n) is 7.35. The Hall–Kier alpha value is -1.30. The monoisotopic (exact) mass is 372 g/mol. The first-order valence-corrected chi connectivity index (χ1v) is 10.5. The Morgan fingerprint density at radius 3 is 2.81 bits per heavy atom. The van der Waals surface area contributed by atoms with Crippen LogP contribution in [0.4, 0.5) is 0 Å². The van der Waals surface area contributed by atoms with E-state index in [9.17, 15) is 10.2 Å². The standard InChI is InChI=1S/C22H29NO4/c1-23(12-13-3-4-13)10-9-21-18-14-5-6-15(24)19(18)27-20(21)16(26-2)7-8-22(21,25)17(23)11-14/h5-6,13,16-17,20,25H,3-4,7-12H2,1-2H3/p+1/t16-,17+,20-,21-,22?,23?/m0/s1. The number of phenols is 1. The van der Waals surface area contributed by atoms with Gasteiger partial charge in [-0.15, -0.1) is 0 Å². The topological polar surface area (TPSA) is 58.9 Å². The Labute approximate surface area is 160 Å². The summed E-state index contributed by atoms with van der Waals surface area (Å²) in [5, 5.41) is 22.9. The van der Waals surface area contributed by atoms with Gasteiger partial charge in [-0.1, -0.05) is 6.07 Å². The molecule has 5 heteroatoms. The van der Waals surface area contributed by atoms with Gasteiger partial charge >= 0.3 is 0 Å². The van der Waals surface area contributed by atoms with Gasteiger partial charge in [-0.3, -0.25) is 0 Å². The minimum absolute atomic E-state index is 0.0380. The highest BCUT2D eigenvalue weighted by atomic mass is 16.5. The number of benzene rings is 1. The number of likely N-dealkylation sites (N-methyl/N-ethyl adjacent to an activating group) is 1. The Bertz CT molecular complexity index is 823. The highest BCUT2D eigenvalue weighted by Gasteiger charge is 2.76. The molecule has 2 unspecified atom stereocenters. The van der Waals surface area contributed by atoms with Crippen LogP contribution in [0.5, 0.6) is 11.5 Å². The van der Waals surface area contributed by atoms with E-state index in [0.29, 0.717) is 5.75 Å². The number of hydrogen-bond acceptors (Lipinski definition) is 4. The second-order valence-corrected chi connectivity index (χ2v) is 9.99. The molecule has 2 aliphatic heterocycles. The Morgan fingerprint density at radius 1 is 1.26 bits per heavy atom. The van der Waals surface area contributed by atoms with Crippen LogP contribution in [0.3, 0.4) is 0 Å². The number of methoxy groups -OCH3 is 1. The van der Waals surface area contributed by atoms with Crippen molar-refractivity contribution >= 4 is 0 Å². The number of nitrogens with zero attached hydrogens (tertiary/aromatic N) is 1.